The number of aliphatic hydroxyl groups is 1. The average Bonchev–Trinajstić information content (AvgIpc) is 2.35. The Labute approximate surface area is 117 Å². The smallest absolute Gasteiger partial charge is 0.237 e. The zero-order valence-electron chi connectivity index (χ0n) is 11.5. The highest BCUT2D eigenvalue weighted by Crippen LogP contribution is 2.19. The Morgan fingerprint density at radius 2 is 2.05 bits per heavy atom. The number of benzene rings is 1. The monoisotopic (exact) mass is 282 g/mol. The molecule has 0 aromatic heterocycles. The standard InChI is InChI=1S/C14H19FN2O3/c1-9(2)17(8-13(16)19)14(20)7-12(18)10-4-3-5-11(15)6-10/h3-6,9,12,18H,7-8H2,1-2H3,(H2,16,19). The third-order valence-electron chi connectivity index (χ3n) is 2.87. The molecule has 0 spiro atoms. The highest BCUT2D eigenvalue weighted by atomic mass is 19.1. The Kier molecular flexibility index (Phi) is 5.64. The predicted octanol–water partition coefficient (Wildman–Crippen LogP) is 0.971. The number of aliphatic hydroxyl groups excluding tert-OH is 1. The first-order chi connectivity index (χ1) is 9.31. The van der Waals surface area contributed by atoms with Gasteiger partial charge >= 0.3 is 0 Å². The second-order valence-electron chi connectivity index (χ2n) is 4.86. The number of nitrogens with zero attached hydrogens (tertiary/aromatic N) is 1. The van der Waals surface area contributed by atoms with Gasteiger partial charge in [-0.3, -0.25) is 9.59 Å². The number of amides is 2. The van der Waals surface area contributed by atoms with Gasteiger partial charge < -0.3 is 15.7 Å². The van der Waals surface area contributed by atoms with E-state index >= 15 is 0 Å². The zero-order valence-corrected chi connectivity index (χ0v) is 11.5. The van der Waals surface area contributed by atoms with Crippen molar-refractivity contribution in [2.75, 3.05) is 6.54 Å². The van der Waals surface area contributed by atoms with Crippen LogP contribution in [0.15, 0.2) is 24.3 Å². The van der Waals surface area contributed by atoms with Crippen LogP contribution in [0.3, 0.4) is 0 Å². The van der Waals surface area contributed by atoms with Crippen molar-refractivity contribution < 1.29 is 19.1 Å². The molecule has 20 heavy (non-hydrogen) atoms. The first kappa shape index (κ1) is 16.1. The molecule has 0 aliphatic heterocycles. The van der Waals surface area contributed by atoms with E-state index in [0.29, 0.717) is 5.56 Å². The number of primary amides is 1. The lowest BCUT2D eigenvalue weighted by Crippen LogP contribution is -2.43. The summed E-state index contributed by atoms with van der Waals surface area (Å²) in [4.78, 5) is 24.3. The van der Waals surface area contributed by atoms with Crippen LogP contribution in [0.25, 0.3) is 0 Å². The summed E-state index contributed by atoms with van der Waals surface area (Å²) in [5.41, 5.74) is 5.41. The number of carbonyl (C=O) groups excluding carboxylic acids is 2. The van der Waals surface area contributed by atoms with Crippen LogP contribution in [0.2, 0.25) is 0 Å². The van der Waals surface area contributed by atoms with Crippen LogP contribution in [0, 0.1) is 5.82 Å². The Balaban J connectivity index is 2.75. The summed E-state index contributed by atoms with van der Waals surface area (Å²) in [6.45, 7) is 3.29. The Morgan fingerprint density at radius 1 is 1.40 bits per heavy atom. The Hall–Kier alpha value is -1.95. The van der Waals surface area contributed by atoms with E-state index in [9.17, 15) is 19.1 Å². The topological polar surface area (TPSA) is 83.6 Å². The van der Waals surface area contributed by atoms with Gasteiger partial charge in [-0.05, 0) is 31.5 Å². The lowest BCUT2D eigenvalue weighted by Gasteiger charge is -2.26. The summed E-state index contributed by atoms with van der Waals surface area (Å²) in [5.74, 6) is -1.50. The minimum Gasteiger partial charge on any atom is -0.388 e. The van der Waals surface area contributed by atoms with Gasteiger partial charge in [0, 0.05) is 6.04 Å². The van der Waals surface area contributed by atoms with Crippen molar-refractivity contribution in [2.24, 2.45) is 5.73 Å². The molecule has 1 atom stereocenters. The summed E-state index contributed by atoms with van der Waals surface area (Å²) in [5, 5.41) is 9.95. The summed E-state index contributed by atoms with van der Waals surface area (Å²) in [7, 11) is 0. The SMILES string of the molecule is CC(C)N(CC(N)=O)C(=O)CC(O)c1cccc(F)c1. The fourth-order valence-corrected chi connectivity index (χ4v) is 1.84. The van der Waals surface area contributed by atoms with E-state index in [0.717, 1.165) is 0 Å². The molecule has 5 nitrogen and oxygen atoms in total. The molecular weight excluding hydrogens is 263 g/mol. The molecule has 0 saturated carbocycles. The minimum atomic E-state index is -1.12. The second kappa shape index (κ2) is 7.00. The van der Waals surface area contributed by atoms with Gasteiger partial charge in [-0.2, -0.15) is 0 Å². The average molecular weight is 282 g/mol. The van der Waals surface area contributed by atoms with E-state index in [2.05, 4.69) is 0 Å². The zero-order chi connectivity index (χ0) is 15.3. The molecule has 0 radical (unpaired) electrons. The van der Waals surface area contributed by atoms with E-state index in [1.165, 1.54) is 29.2 Å². The summed E-state index contributed by atoms with van der Waals surface area (Å²) < 4.78 is 13.1. The van der Waals surface area contributed by atoms with E-state index in [4.69, 9.17) is 5.73 Å². The van der Waals surface area contributed by atoms with Gasteiger partial charge in [-0.25, -0.2) is 4.39 Å². The van der Waals surface area contributed by atoms with Gasteiger partial charge in [0.05, 0.1) is 19.1 Å². The van der Waals surface area contributed by atoms with E-state index in [-0.39, 0.29) is 19.0 Å². The van der Waals surface area contributed by atoms with Crippen molar-refractivity contribution in [1.29, 1.82) is 0 Å². The van der Waals surface area contributed by atoms with Crippen molar-refractivity contribution in [3.05, 3.63) is 35.6 Å². The van der Waals surface area contributed by atoms with Crippen LogP contribution in [-0.4, -0.2) is 34.4 Å². The van der Waals surface area contributed by atoms with Crippen LogP contribution in [-0.2, 0) is 9.59 Å². The molecule has 1 unspecified atom stereocenters. The van der Waals surface area contributed by atoms with E-state index < -0.39 is 23.7 Å². The number of hydrogen-bond acceptors (Lipinski definition) is 3. The van der Waals surface area contributed by atoms with Crippen LogP contribution < -0.4 is 5.73 Å². The molecule has 110 valence electrons. The molecule has 0 aliphatic carbocycles. The van der Waals surface area contributed by atoms with Gasteiger partial charge in [-0.1, -0.05) is 12.1 Å². The Bertz CT molecular complexity index is 491. The van der Waals surface area contributed by atoms with Crippen molar-refractivity contribution in [3.63, 3.8) is 0 Å². The van der Waals surface area contributed by atoms with E-state index in [1.807, 2.05) is 0 Å². The maximum Gasteiger partial charge on any atom is 0.237 e. The molecule has 2 amide bonds. The number of hydrogen-bond donors (Lipinski definition) is 2. The van der Waals surface area contributed by atoms with Gasteiger partial charge in [0.1, 0.15) is 5.82 Å². The van der Waals surface area contributed by atoms with Crippen LogP contribution >= 0.6 is 0 Å². The largest absolute Gasteiger partial charge is 0.388 e. The van der Waals surface area contributed by atoms with Gasteiger partial charge in [0.25, 0.3) is 0 Å². The summed E-state index contributed by atoms with van der Waals surface area (Å²) in [6, 6.07) is 5.21. The quantitative estimate of drug-likeness (QED) is 0.815. The molecule has 3 N–H and O–H groups in total. The molecule has 1 aromatic rings. The number of nitrogens with two attached hydrogens (primary N) is 1. The fraction of sp³-hybridized carbons (Fsp3) is 0.429. The van der Waals surface area contributed by atoms with Crippen molar-refractivity contribution >= 4 is 11.8 Å². The van der Waals surface area contributed by atoms with Crippen LogP contribution in [0.5, 0.6) is 0 Å². The molecule has 0 bridgehead atoms. The normalized spacial score (nSPS) is 12.2. The van der Waals surface area contributed by atoms with Gasteiger partial charge in [0.15, 0.2) is 0 Å². The van der Waals surface area contributed by atoms with Crippen molar-refractivity contribution in [1.82, 2.24) is 4.90 Å². The highest BCUT2D eigenvalue weighted by molar-refractivity contribution is 5.84. The Morgan fingerprint density at radius 3 is 2.55 bits per heavy atom. The first-order valence-corrected chi connectivity index (χ1v) is 6.32. The van der Waals surface area contributed by atoms with Crippen LogP contribution in [0.4, 0.5) is 4.39 Å². The number of carbonyl (C=O) groups is 2. The fourth-order valence-electron chi connectivity index (χ4n) is 1.84. The summed E-state index contributed by atoms with van der Waals surface area (Å²) >= 11 is 0. The lowest BCUT2D eigenvalue weighted by molar-refractivity contribution is -0.138. The van der Waals surface area contributed by atoms with Crippen LogP contribution in [0.1, 0.15) is 31.9 Å². The van der Waals surface area contributed by atoms with Crippen molar-refractivity contribution in [2.45, 2.75) is 32.4 Å². The molecule has 1 rings (SSSR count). The molecule has 0 fully saturated rings. The van der Waals surface area contributed by atoms with Gasteiger partial charge in [-0.15, -0.1) is 0 Å². The van der Waals surface area contributed by atoms with E-state index in [1.54, 1.807) is 13.8 Å². The molecular formula is C14H19FN2O3. The summed E-state index contributed by atoms with van der Waals surface area (Å²) in [6.07, 6.45) is -1.35. The molecule has 0 heterocycles. The predicted molar refractivity (Wildman–Crippen MR) is 72.0 cm³/mol. The molecule has 0 saturated heterocycles. The molecule has 6 heteroatoms. The minimum absolute atomic E-state index is 0.202. The number of rotatable bonds is 6. The lowest BCUT2D eigenvalue weighted by atomic mass is 10.1. The molecule has 0 aliphatic rings. The van der Waals surface area contributed by atoms with Gasteiger partial charge in [0.2, 0.25) is 11.8 Å². The maximum atomic E-state index is 13.1. The number of halogens is 1. The third-order valence-corrected chi connectivity index (χ3v) is 2.87. The third kappa shape index (κ3) is 4.62. The second-order valence-corrected chi connectivity index (χ2v) is 4.86. The highest BCUT2D eigenvalue weighted by Gasteiger charge is 2.22. The van der Waals surface area contributed by atoms with Crippen molar-refractivity contribution in [3.8, 4) is 0 Å². The molecule has 1 aromatic carbocycles. The maximum absolute atomic E-state index is 13.1. The first-order valence-electron chi connectivity index (χ1n) is 6.32.